The van der Waals surface area contributed by atoms with Crippen LogP contribution in [0.4, 0.5) is 11.6 Å². The van der Waals surface area contributed by atoms with Crippen molar-refractivity contribution in [3.05, 3.63) is 52.9 Å². The van der Waals surface area contributed by atoms with Crippen LogP contribution >= 0.6 is 11.3 Å². The van der Waals surface area contributed by atoms with E-state index in [4.69, 9.17) is 0 Å². The molecule has 1 saturated heterocycles. The number of aliphatic hydroxyl groups is 1. The molecule has 1 aliphatic heterocycles. The van der Waals surface area contributed by atoms with Crippen molar-refractivity contribution in [2.75, 3.05) is 25.0 Å². The van der Waals surface area contributed by atoms with E-state index in [0.717, 1.165) is 46.8 Å². The van der Waals surface area contributed by atoms with E-state index in [2.05, 4.69) is 31.7 Å². The second-order valence-electron chi connectivity index (χ2n) is 11.3. The Labute approximate surface area is 239 Å². The van der Waals surface area contributed by atoms with Crippen LogP contribution in [0, 0.1) is 25.7 Å². The first-order chi connectivity index (χ1) is 19.2. The van der Waals surface area contributed by atoms with E-state index < -0.39 is 5.60 Å². The summed E-state index contributed by atoms with van der Waals surface area (Å²) in [6.45, 7) is 8.10. The lowest BCUT2D eigenvalue weighted by Gasteiger charge is -2.38. The van der Waals surface area contributed by atoms with Gasteiger partial charge in [0.15, 0.2) is 0 Å². The highest BCUT2D eigenvalue weighted by molar-refractivity contribution is 7.15. The average Bonchev–Trinajstić information content (AvgIpc) is 3.56. The van der Waals surface area contributed by atoms with Crippen molar-refractivity contribution >= 4 is 34.8 Å². The molecule has 10 heteroatoms. The Bertz CT molecular complexity index is 1380. The van der Waals surface area contributed by atoms with Crippen LogP contribution in [0.1, 0.15) is 61.7 Å². The molecule has 3 atom stereocenters. The average molecular weight is 563 g/mol. The van der Waals surface area contributed by atoms with Gasteiger partial charge < -0.3 is 20.6 Å². The molecule has 0 bridgehead atoms. The number of hydrogen-bond donors (Lipinski definition) is 3. The SMILES string of the molecule is Cc1cc(Nc2nccc(C)n2)cc(-c2cnc(C3(O)CCC(C(=O)NCCCN4CCCC4=O)C(C)C3)s2)c1. The molecule has 2 aliphatic rings. The van der Waals surface area contributed by atoms with Gasteiger partial charge in [0.1, 0.15) is 10.6 Å². The Balaban J connectivity index is 1.19. The van der Waals surface area contributed by atoms with Crippen LogP contribution < -0.4 is 10.6 Å². The number of amides is 2. The molecule has 0 radical (unpaired) electrons. The fourth-order valence-corrected chi connectivity index (χ4v) is 6.88. The van der Waals surface area contributed by atoms with Gasteiger partial charge in [0, 0.05) is 55.7 Å². The molecule has 5 rings (SSSR count). The molecule has 3 N–H and O–H groups in total. The third kappa shape index (κ3) is 6.50. The van der Waals surface area contributed by atoms with Crippen molar-refractivity contribution in [1.82, 2.24) is 25.2 Å². The van der Waals surface area contributed by atoms with Gasteiger partial charge >= 0.3 is 0 Å². The molecule has 2 amide bonds. The first kappa shape index (κ1) is 28.2. The Hall–Kier alpha value is -3.37. The zero-order valence-electron chi connectivity index (χ0n) is 23.4. The molecule has 1 aliphatic carbocycles. The lowest BCUT2D eigenvalue weighted by Crippen LogP contribution is -2.43. The minimum atomic E-state index is -1.05. The molecule has 2 aromatic heterocycles. The quantitative estimate of drug-likeness (QED) is 0.323. The summed E-state index contributed by atoms with van der Waals surface area (Å²) in [6, 6.07) is 8.05. The van der Waals surface area contributed by atoms with Gasteiger partial charge in [-0.15, -0.1) is 11.3 Å². The molecule has 1 saturated carbocycles. The monoisotopic (exact) mass is 562 g/mol. The number of carbonyl (C=O) groups is 2. The van der Waals surface area contributed by atoms with Crippen molar-refractivity contribution in [1.29, 1.82) is 0 Å². The Morgan fingerprint density at radius 3 is 2.85 bits per heavy atom. The van der Waals surface area contributed by atoms with Crippen LogP contribution in [-0.2, 0) is 15.2 Å². The fraction of sp³-hybridized carbons (Fsp3) is 0.500. The first-order valence-electron chi connectivity index (χ1n) is 14.1. The molecule has 9 nitrogen and oxygen atoms in total. The van der Waals surface area contributed by atoms with Crippen molar-refractivity contribution in [2.24, 2.45) is 11.8 Å². The lowest BCUT2D eigenvalue weighted by atomic mass is 9.72. The van der Waals surface area contributed by atoms with E-state index in [-0.39, 0.29) is 23.7 Å². The summed E-state index contributed by atoms with van der Waals surface area (Å²) in [5.41, 5.74) is 2.84. The van der Waals surface area contributed by atoms with Crippen LogP contribution in [0.25, 0.3) is 10.4 Å². The summed E-state index contributed by atoms with van der Waals surface area (Å²) < 4.78 is 0. The second-order valence-corrected chi connectivity index (χ2v) is 12.3. The molecule has 3 aromatic rings. The summed E-state index contributed by atoms with van der Waals surface area (Å²) in [7, 11) is 0. The zero-order valence-corrected chi connectivity index (χ0v) is 24.3. The van der Waals surface area contributed by atoms with E-state index in [1.807, 2.05) is 50.1 Å². The van der Waals surface area contributed by atoms with Crippen LogP contribution in [0.2, 0.25) is 0 Å². The second kappa shape index (κ2) is 12.0. The number of thiazole rings is 1. The highest BCUT2D eigenvalue weighted by atomic mass is 32.1. The highest BCUT2D eigenvalue weighted by Gasteiger charge is 2.43. The number of likely N-dealkylation sites (tertiary alicyclic amines) is 1. The maximum absolute atomic E-state index is 12.9. The Kier molecular flexibility index (Phi) is 8.46. The van der Waals surface area contributed by atoms with E-state index >= 15 is 0 Å². The van der Waals surface area contributed by atoms with Crippen LogP contribution in [0.5, 0.6) is 0 Å². The Morgan fingerprint density at radius 1 is 1.25 bits per heavy atom. The molecule has 40 heavy (non-hydrogen) atoms. The third-order valence-corrected chi connectivity index (χ3v) is 9.18. The minimum Gasteiger partial charge on any atom is -0.383 e. The molecular weight excluding hydrogens is 524 g/mol. The molecule has 1 aromatic carbocycles. The smallest absolute Gasteiger partial charge is 0.227 e. The van der Waals surface area contributed by atoms with E-state index in [9.17, 15) is 14.7 Å². The van der Waals surface area contributed by atoms with Crippen molar-refractivity contribution in [2.45, 2.75) is 64.9 Å². The summed E-state index contributed by atoms with van der Waals surface area (Å²) in [5, 5.41) is 18.7. The fourth-order valence-electron chi connectivity index (χ4n) is 5.85. The lowest BCUT2D eigenvalue weighted by molar-refractivity contribution is -0.131. The zero-order chi connectivity index (χ0) is 28.3. The van der Waals surface area contributed by atoms with Crippen LogP contribution in [0.15, 0.2) is 36.7 Å². The summed E-state index contributed by atoms with van der Waals surface area (Å²) in [6.07, 6.45) is 7.49. The largest absolute Gasteiger partial charge is 0.383 e. The van der Waals surface area contributed by atoms with E-state index in [1.54, 1.807) is 6.20 Å². The van der Waals surface area contributed by atoms with Crippen molar-refractivity contribution < 1.29 is 14.7 Å². The van der Waals surface area contributed by atoms with Crippen molar-refractivity contribution in [3.63, 3.8) is 0 Å². The third-order valence-electron chi connectivity index (χ3n) is 7.94. The maximum Gasteiger partial charge on any atom is 0.227 e. The number of aryl methyl sites for hydroxylation is 2. The number of nitrogens with zero attached hydrogens (tertiary/aromatic N) is 4. The number of benzene rings is 1. The standard InChI is InChI=1S/C30H38N6O3S/c1-19-14-22(16-23(15-19)35-29-32-11-8-21(3)34-29)25-18-33-28(40-25)30(39)9-7-24(20(2)17-30)27(38)31-10-5-13-36-12-4-6-26(36)37/h8,11,14-16,18,20,24,39H,4-7,9-10,12-13,17H2,1-3H3,(H,31,38)(H,32,34,35). The predicted molar refractivity (Wildman–Crippen MR) is 156 cm³/mol. The van der Waals surface area contributed by atoms with E-state index in [1.165, 1.54) is 11.3 Å². The van der Waals surface area contributed by atoms with Gasteiger partial charge in [0.05, 0.1) is 4.88 Å². The Morgan fingerprint density at radius 2 is 2.10 bits per heavy atom. The van der Waals surface area contributed by atoms with Gasteiger partial charge in [-0.3, -0.25) is 9.59 Å². The number of nitrogens with one attached hydrogen (secondary N) is 2. The number of rotatable bonds is 9. The molecule has 2 fully saturated rings. The highest BCUT2D eigenvalue weighted by Crippen LogP contribution is 2.45. The number of carbonyl (C=O) groups excluding carboxylic acids is 2. The summed E-state index contributed by atoms with van der Waals surface area (Å²) in [4.78, 5) is 40.9. The molecule has 3 heterocycles. The van der Waals surface area contributed by atoms with Gasteiger partial charge in [-0.1, -0.05) is 13.0 Å². The van der Waals surface area contributed by atoms with Crippen LogP contribution in [-0.4, -0.2) is 56.4 Å². The van der Waals surface area contributed by atoms with Gasteiger partial charge in [-0.2, -0.15) is 0 Å². The molecular formula is C30H38N6O3S. The normalized spacial score (nSPS) is 22.9. The molecule has 212 valence electrons. The minimum absolute atomic E-state index is 0.0235. The molecule has 3 unspecified atom stereocenters. The predicted octanol–water partition coefficient (Wildman–Crippen LogP) is 4.71. The first-order valence-corrected chi connectivity index (χ1v) is 14.9. The summed E-state index contributed by atoms with van der Waals surface area (Å²) >= 11 is 1.51. The van der Waals surface area contributed by atoms with Gasteiger partial charge in [0.25, 0.3) is 0 Å². The summed E-state index contributed by atoms with van der Waals surface area (Å²) in [5.74, 6) is 0.692. The van der Waals surface area contributed by atoms with Crippen molar-refractivity contribution in [3.8, 4) is 10.4 Å². The maximum atomic E-state index is 12.9. The number of hydrogen-bond acceptors (Lipinski definition) is 8. The topological polar surface area (TPSA) is 120 Å². The van der Waals surface area contributed by atoms with E-state index in [0.29, 0.717) is 49.7 Å². The van der Waals surface area contributed by atoms with Gasteiger partial charge in [0.2, 0.25) is 17.8 Å². The molecule has 0 spiro atoms. The number of aromatic nitrogens is 3. The van der Waals surface area contributed by atoms with Gasteiger partial charge in [-0.05, 0) is 81.2 Å². The van der Waals surface area contributed by atoms with Crippen LogP contribution in [0.3, 0.4) is 0 Å². The van der Waals surface area contributed by atoms with Gasteiger partial charge in [-0.25, -0.2) is 15.0 Å². The number of anilines is 2.